The van der Waals surface area contributed by atoms with Crippen molar-refractivity contribution in [2.45, 2.75) is 6.42 Å². The van der Waals surface area contributed by atoms with Gasteiger partial charge in [0.15, 0.2) is 0 Å². The van der Waals surface area contributed by atoms with Gasteiger partial charge in [0.2, 0.25) is 0 Å². The molecular weight excluding hydrogens is 293 g/mol. The predicted octanol–water partition coefficient (Wildman–Crippen LogP) is 3.81. The molecule has 0 unspecified atom stereocenters. The zero-order valence-corrected chi connectivity index (χ0v) is 12.2. The van der Waals surface area contributed by atoms with Gasteiger partial charge in [-0.15, -0.1) is 0 Å². The van der Waals surface area contributed by atoms with Gasteiger partial charge in [-0.05, 0) is 36.9 Å². The average molecular weight is 306 g/mol. The molecule has 3 rings (SSSR count). The Balaban J connectivity index is 2.30. The second-order valence-corrected chi connectivity index (χ2v) is 5.34. The van der Waals surface area contributed by atoms with Crippen LogP contribution in [0, 0.1) is 0 Å². The van der Waals surface area contributed by atoms with Crippen molar-refractivity contribution in [3.05, 3.63) is 58.3 Å². The molecule has 0 saturated heterocycles. The van der Waals surface area contributed by atoms with Gasteiger partial charge in [0, 0.05) is 23.2 Å². The van der Waals surface area contributed by atoms with Gasteiger partial charge in [-0.2, -0.15) is 0 Å². The Kier molecular flexibility index (Phi) is 3.66. The molecule has 3 aromatic rings. The highest BCUT2D eigenvalue weighted by Crippen LogP contribution is 2.33. The van der Waals surface area contributed by atoms with Crippen molar-refractivity contribution in [1.82, 2.24) is 9.38 Å². The fourth-order valence-electron chi connectivity index (χ4n) is 2.32. The summed E-state index contributed by atoms with van der Waals surface area (Å²) < 4.78 is 2.03. The van der Waals surface area contributed by atoms with E-state index in [0.29, 0.717) is 23.0 Å². The van der Waals surface area contributed by atoms with Gasteiger partial charge in [-0.3, -0.25) is 4.40 Å². The van der Waals surface area contributed by atoms with Crippen molar-refractivity contribution >= 4 is 28.8 Å². The number of pyridine rings is 1. The summed E-state index contributed by atoms with van der Waals surface area (Å²) in [6.07, 6.45) is 2.68. The number of hydrogen-bond acceptors (Lipinski definition) is 2. The van der Waals surface area contributed by atoms with Gasteiger partial charge < -0.3 is 5.73 Å². The van der Waals surface area contributed by atoms with E-state index >= 15 is 0 Å². The molecule has 0 saturated carbocycles. The van der Waals surface area contributed by atoms with Crippen LogP contribution in [-0.4, -0.2) is 15.9 Å². The minimum Gasteiger partial charge on any atom is -0.330 e. The zero-order valence-electron chi connectivity index (χ0n) is 10.7. The van der Waals surface area contributed by atoms with Gasteiger partial charge in [0.25, 0.3) is 0 Å². The molecule has 102 valence electrons. The molecule has 0 spiro atoms. The lowest BCUT2D eigenvalue weighted by Gasteiger charge is -2.07. The molecule has 0 radical (unpaired) electrons. The number of fused-ring (bicyclic) bond motifs is 1. The van der Waals surface area contributed by atoms with Crippen LogP contribution in [0.15, 0.2) is 42.6 Å². The van der Waals surface area contributed by atoms with Crippen LogP contribution in [0.3, 0.4) is 0 Å². The molecule has 0 fully saturated rings. The van der Waals surface area contributed by atoms with Gasteiger partial charge in [-0.1, -0.05) is 29.3 Å². The fourth-order valence-corrected chi connectivity index (χ4v) is 2.82. The molecule has 2 heterocycles. The van der Waals surface area contributed by atoms with Crippen LogP contribution >= 0.6 is 23.2 Å². The van der Waals surface area contributed by atoms with Crippen molar-refractivity contribution in [2.75, 3.05) is 6.54 Å². The van der Waals surface area contributed by atoms with Gasteiger partial charge >= 0.3 is 0 Å². The first-order valence-corrected chi connectivity index (χ1v) is 7.08. The van der Waals surface area contributed by atoms with Crippen LogP contribution in [0.5, 0.6) is 0 Å². The quantitative estimate of drug-likeness (QED) is 0.799. The van der Waals surface area contributed by atoms with Crippen molar-refractivity contribution in [3.8, 4) is 11.3 Å². The number of benzene rings is 1. The van der Waals surface area contributed by atoms with E-state index in [9.17, 15) is 0 Å². The highest BCUT2D eigenvalue weighted by Gasteiger charge is 2.15. The Hall–Kier alpha value is -1.55. The van der Waals surface area contributed by atoms with E-state index in [0.717, 1.165) is 22.6 Å². The lowest BCUT2D eigenvalue weighted by atomic mass is 10.1. The van der Waals surface area contributed by atoms with Crippen LogP contribution in [0.2, 0.25) is 10.0 Å². The van der Waals surface area contributed by atoms with Crippen LogP contribution in [-0.2, 0) is 6.42 Å². The molecule has 3 nitrogen and oxygen atoms in total. The maximum absolute atomic E-state index is 6.34. The second kappa shape index (κ2) is 5.44. The molecule has 0 bridgehead atoms. The largest absolute Gasteiger partial charge is 0.330 e. The summed E-state index contributed by atoms with van der Waals surface area (Å²) in [4.78, 5) is 4.63. The summed E-state index contributed by atoms with van der Waals surface area (Å²) in [7, 11) is 0. The van der Waals surface area contributed by atoms with Gasteiger partial charge in [-0.25, -0.2) is 4.98 Å². The first-order valence-electron chi connectivity index (χ1n) is 6.32. The maximum atomic E-state index is 6.34. The lowest BCUT2D eigenvalue weighted by Crippen LogP contribution is -2.04. The smallest absolute Gasteiger partial charge is 0.137 e. The Labute approximate surface area is 127 Å². The number of nitrogens with zero attached hydrogens (tertiary/aromatic N) is 2. The molecular formula is C15H13Cl2N3. The topological polar surface area (TPSA) is 43.3 Å². The van der Waals surface area contributed by atoms with Gasteiger partial charge in [0.05, 0.1) is 16.4 Å². The Bertz CT molecular complexity index is 765. The molecule has 2 aromatic heterocycles. The third-order valence-corrected chi connectivity index (χ3v) is 3.72. The third-order valence-electron chi connectivity index (χ3n) is 3.17. The normalized spacial score (nSPS) is 11.2. The first-order chi connectivity index (χ1) is 9.70. The molecule has 5 heteroatoms. The summed E-state index contributed by atoms with van der Waals surface area (Å²) in [5.74, 6) is 0. The number of nitrogens with two attached hydrogens (primary N) is 1. The van der Waals surface area contributed by atoms with Crippen LogP contribution < -0.4 is 5.73 Å². The summed E-state index contributed by atoms with van der Waals surface area (Å²) in [6.45, 7) is 0.544. The highest BCUT2D eigenvalue weighted by atomic mass is 35.5. The predicted molar refractivity (Wildman–Crippen MR) is 83.4 cm³/mol. The second-order valence-electron chi connectivity index (χ2n) is 4.50. The number of imidazole rings is 1. The highest BCUT2D eigenvalue weighted by molar-refractivity contribution is 6.36. The Morgan fingerprint density at radius 3 is 2.75 bits per heavy atom. The molecule has 0 aliphatic rings. The number of hydrogen-bond donors (Lipinski definition) is 1. The first kappa shape index (κ1) is 13.4. The number of halogens is 2. The van der Waals surface area contributed by atoms with Crippen LogP contribution in [0.4, 0.5) is 0 Å². The SMILES string of the molecule is NCCc1nc2ccccn2c1-c1ccc(Cl)cc1Cl. The molecule has 0 atom stereocenters. The van der Waals surface area contributed by atoms with Crippen molar-refractivity contribution in [1.29, 1.82) is 0 Å². The van der Waals surface area contributed by atoms with E-state index in [1.165, 1.54) is 0 Å². The molecule has 0 aliphatic carbocycles. The maximum Gasteiger partial charge on any atom is 0.137 e. The van der Waals surface area contributed by atoms with Crippen molar-refractivity contribution in [2.24, 2.45) is 5.73 Å². The minimum atomic E-state index is 0.544. The molecule has 20 heavy (non-hydrogen) atoms. The molecule has 0 aliphatic heterocycles. The van der Waals surface area contributed by atoms with Gasteiger partial charge in [0.1, 0.15) is 5.65 Å². The Morgan fingerprint density at radius 2 is 2.00 bits per heavy atom. The molecule has 2 N–H and O–H groups in total. The number of rotatable bonds is 3. The van der Waals surface area contributed by atoms with Crippen molar-refractivity contribution in [3.63, 3.8) is 0 Å². The standard InChI is InChI=1S/C15H13Cl2N3/c16-10-4-5-11(12(17)9-10)15-13(6-7-18)19-14-3-1-2-8-20(14)15/h1-5,8-9H,6-7,18H2. The lowest BCUT2D eigenvalue weighted by molar-refractivity contribution is 0.939. The summed E-state index contributed by atoms with van der Waals surface area (Å²) in [6, 6.07) is 11.4. The summed E-state index contributed by atoms with van der Waals surface area (Å²) in [5, 5.41) is 1.23. The average Bonchev–Trinajstić information content (AvgIpc) is 2.78. The zero-order chi connectivity index (χ0) is 14.1. The third kappa shape index (κ3) is 2.29. The fraction of sp³-hybridized carbons (Fsp3) is 0.133. The van der Waals surface area contributed by atoms with E-state index in [4.69, 9.17) is 28.9 Å². The van der Waals surface area contributed by atoms with E-state index in [1.54, 1.807) is 6.07 Å². The van der Waals surface area contributed by atoms with E-state index in [-0.39, 0.29) is 0 Å². The van der Waals surface area contributed by atoms with Crippen LogP contribution in [0.25, 0.3) is 16.9 Å². The summed E-state index contributed by atoms with van der Waals surface area (Å²) >= 11 is 12.3. The van der Waals surface area contributed by atoms with E-state index < -0.39 is 0 Å². The molecule has 0 amide bonds. The van der Waals surface area contributed by atoms with Crippen LogP contribution in [0.1, 0.15) is 5.69 Å². The van der Waals surface area contributed by atoms with Crippen molar-refractivity contribution < 1.29 is 0 Å². The van der Waals surface area contributed by atoms with E-state index in [2.05, 4.69) is 4.98 Å². The monoisotopic (exact) mass is 305 g/mol. The summed E-state index contributed by atoms with van der Waals surface area (Å²) in [5.41, 5.74) is 9.42. The Morgan fingerprint density at radius 1 is 1.15 bits per heavy atom. The van der Waals surface area contributed by atoms with E-state index in [1.807, 2.05) is 40.9 Å². The molecule has 1 aromatic carbocycles. The number of aromatic nitrogens is 2. The minimum absolute atomic E-state index is 0.544.